The molecule has 1 heterocycles. The van der Waals surface area contributed by atoms with Crippen LogP contribution in [0.15, 0.2) is 36.4 Å². The van der Waals surface area contributed by atoms with Crippen molar-refractivity contribution < 1.29 is 9.18 Å². The van der Waals surface area contributed by atoms with Crippen molar-refractivity contribution >= 4 is 28.7 Å². The summed E-state index contributed by atoms with van der Waals surface area (Å²) in [7, 11) is 0. The highest BCUT2D eigenvalue weighted by Crippen LogP contribution is 2.22. The number of carbonyl (C=O) groups is 1. The van der Waals surface area contributed by atoms with Crippen LogP contribution in [-0.2, 0) is 6.42 Å². The van der Waals surface area contributed by atoms with Crippen LogP contribution < -0.4 is 0 Å². The van der Waals surface area contributed by atoms with Crippen molar-refractivity contribution in [3.63, 3.8) is 0 Å². The molecule has 1 nitrogen and oxygen atoms in total. The van der Waals surface area contributed by atoms with Crippen LogP contribution in [0.25, 0.3) is 0 Å². The fourth-order valence-electron chi connectivity index (χ4n) is 1.37. The van der Waals surface area contributed by atoms with Crippen LogP contribution in [0.5, 0.6) is 0 Å². The van der Waals surface area contributed by atoms with E-state index >= 15 is 0 Å². The molecule has 4 heteroatoms. The number of halogens is 2. The van der Waals surface area contributed by atoms with Crippen LogP contribution in [0.2, 0.25) is 4.34 Å². The normalized spacial score (nSPS) is 10.4. The SMILES string of the molecule is O=C(Cc1ccc(Cl)s1)c1cccc(F)c1. The van der Waals surface area contributed by atoms with Gasteiger partial charge in [-0.2, -0.15) is 0 Å². The molecule has 2 rings (SSSR count). The van der Waals surface area contributed by atoms with Gasteiger partial charge < -0.3 is 0 Å². The summed E-state index contributed by atoms with van der Waals surface area (Å²) in [5.74, 6) is -0.493. The number of benzene rings is 1. The van der Waals surface area contributed by atoms with Gasteiger partial charge in [0.15, 0.2) is 5.78 Å². The van der Waals surface area contributed by atoms with Crippen molar-refractivity contribution in [2.24, 2.45) is 0 Å². The Labute approximate surface area is 101 Å². The summed E-state index contributed by atoms with van der Waals surface area (Å²) in [4.78, 5) is 12.7. The van der Waals surface area contributed by atoms with Crippen LogP contribution in [0.4, 0.5) is 4.39 Å². The molecular formula is C12H8ClFOS. The lowest BCUT2D eigenvalue weighted by Crippen LogP contribution is -2.02. The molecule has 0 aliphatic heterocycles. The Kier molecular flexibility index (Phi) is 3.36. The number of hydrogen-bond acceptors (Lipinski definition) is 2. The topological polar surface area (TPSA) is 17.1 Å². The van der Waals surface area contributed by atoms with Gasteiger partial charge in [-0.3, -0.25) is 4.79 Å². The second kappa shape index (κ2) is 4.76. The van der Waals surface area contributed by atoms with Crippen LogP contribution in [0.3, 0.4) is 0 Å². The Hall–Kier alpha value is -1.19. The summed E-state index contributed by atoms with van der Waals surface area (Å²) in [6.45, 7) is 0. The third kappa shape index (κ3) is 2.68. The third-order valence-corrected chi connectivity index (χ3v) is 3.34. The minimum atomic E-state index is -0.393. The predicted molar refractivity (Wildman–Crippen MR) is 63.8 cm³/mol. The molecule has 0 bridgehead atoms. The van der Waals surface area contributed by atoms with Crippen molar-refractivity contribution in [1.29, 1.82) is 0 Å². The van der Waals surface area contributed by atoms with E-state index in [0.29, 0.717) is 9.90 Å². The van der Waals surface area contributed by atoms with Crippen molar-refractivity contribution in [3.05, 3.63) is 57.0 Å². The Morgan fingerprint density at radius 2 is 2.12 bits per heavy atom. The lowest BCUT2D eigenvalue weighted by atomic mass is 10.1. The highest BCUT2D eigenvalue weighted by molar-refractivity contribution is 7.16. The molecule has 0 fully saturated rings. The zero-order chi connectivity index (χ0) is 11.5. The van der Waals surface area contributed by atoms with E-state index in [1.165, 1.54) is 29.5 Å². The Bertz CT molecular complexity index is 521. The van der Waals surface area contributed by atoms with Gasteiger partial charge >= 0.3 is 0 Å². The molecule has 16 heavy (non-hydrogen) atoms. The lowest BCUT2D eigenvalue weighted by Gasteiger charge is -1.98. The van der Waals surface area contributed by atoms with E-state index in [1.807, 2.05) is 6.07 Å². The average molecular weight is 255 g/mol. The van der Waals surface area contributed by atoms with E-state index in [0.717, 1.165) is 4.88 Å². The Balaban J connectivity index is 2.14. The maximum Gasteiger partial charge on any atom is 0.168 e. The highest BCUT2D eigenvalue weighted by atomic mass is 35.5. The molecular weight excluding hydrogens is 247 g/mol. The smallest absolute Gasteiger partial charge is 0.168 e. The van der Waals surface area contributed by atoms with Gasteiger partial charge in [0, 0.05) is 16.9 Å². The van der Waals surface area contributed by atoms with Crippen molar-refractivity contribution in [2.75, 3.05) is 0 Å². The minimum Gasteiger partial charge on any atom is -0.294 e. The Morgan fingerprint density at radius 3 is 2.75 bits per heavy atom. The summed E-state index contributed by atoms with van der Waals surface area (Å²) in [6.07, 6.45) is 0.265. The molecule has 0 aliphatic rings. The number of Topliss-reactive ketones (excluding diaryl/α,β-unsaturated/α-hetero) is 1. The zero-order valence-electron chi connectivity index (χ0n) is 8.24. The van der Waals surface area contributed by atoms with Gasteiger partial charge in [-0.1, -0.05) is 23.7 Å². The minimum absolute atomic E-state index is 0.0991. The van der Waals surface area contributed by atoms with Crippen molar-refractivity contribution in [3.8, 4) is 0 Å². The molecule has 82 valence electrons. The summed E-state index contributed by atoms with van der Waals surface area (Å²) < 4.78 is 13.6. The monoisotopic (exact) mass is 254 g/mol. The lowest BCUT2D eigenvalue weighted by molar-refractivity contribution is 0.0993. The molecule has 0 amide bonds. The van der Waals surface area contributed by atoms with E-state index in [-0.39, 0.29) is 12.2 Å². The molecule has 0 saturated carbocycles. The van der Waals surface area contributed by atoms with Gasteiger partial charge in [0.1, 0.15) is 5.82 Å². The second-order valence-electron chi connectivity index (χ2n) is 3.32. The second-order valence-corrected chi connectivity index (χ2v) is 5.12. The van der Waals surface area contributed by atoms with Gasteiger partial charge in [0.25, 0.3) is 0 Å². The fraction of sp³-hybridized carbons (Fsp3) is 0.0833. The molecule has 0 spiro atoms. The molecule has 0 radical (unpaired) electrons. The van der Waals surface area contributed by atoms with E-state index in [1.54, 1.807) is 12.1 Å². The average Bonchev–Trinajstić information content (AvgIpc) is 2.64. The number of rotatable bonds is 3. The largest absolute Gasteiger partial charge is 0.294 e. The van der Waals surface area contributed by atoms with Gasteiger partial charge in [-0.05, 0) is 24.3 Å². The first kappa shape index (κ1) is 11.3. The van der Waals surface area contributed by atoms with Gasteiger partial charge in [-0.25, -0.2) is 4.39 Å². The number of thiophene rings is 1. The summed E-state index contributed by atoms with van der Waals surface area (Å²) in [5.41, 5.74) is 0.393. The first-order valence-corrected chi connectivity index (χ1v) is 5.87. The molecule has 0 aliphatic carbocycles. The van der Waals surface area contributed by atoms with E-state index < -0.39 is 5.82 Å². The number of carbonyl (C=O) groups excluding carboxylic acids is 1. The van der Waals surface area contributed by atoms with Crippen molar-refractivity contribution in [1.82, 2.24) is 0 Å². The standard InChI is InChI=1S/C12H8ClFOS/c13-12-5-4-10(16-12)7-11(15)8-2-1-3-9(14)6-8/h1-6H,7H2. The van der Waals surface area contributed by atoms with Crippen LogP contribution in [0, 0.1) is 5.82 Å². The van der Waals surface area contributed by atoms with E-state index in [9.17, 15) is 9.18 Å². The molecule has 1 aromatic carbocycles. The van der Waals surface area contributed by atoms with Crippen molar-refractivity contribution in [2.45, 2.75) is 6.42 Å². The molecule has 2 aromatic rings. The summed E-state index contributed by atoms with van der Waals surface area (Å²) >= 11 is 7.13. The quantitative estimate of drug-likeness (QED) is 0.758. The van der Waals surface area contributed by atoms with Gasteiger partial charge in [-0.15, -0.1) is 11.3 Å². The molecule has 0 unspecified atom stereocenters. The maximum atomic E-state index is 12.9. The highest BCUT2D eigenvalue weighted by Gasteiger charge is 2.09. The zero-order valence-corrected chi connectivity index (χ0v) is 9.82. The van der Waals surface area contributed by atoms with Gasteiger partial charge in [0.2, 0.25) is 0 Å². The van der Waals surface area contributed by atoms with Gasteiger partial charge in [0.05, 0.1) is 4.34 Å². The predicted octanol–water partition coefficient (Wildman–Crippen LogP) is 3.97. The molecule has 0 atom stereocenters. The molecule has 0 saturated heterocycles. The van der Waals surface area contributed by atoms with E-state index in [2.05, 4.69) is 0 Å². The maximum absolute atomic E-state index is 12.9. The Morgan fingerprint density at radius 1 is 1.31 bits per heavy atom. The van der Waals surface area contributed by atoms with Crippen LogP contribution in [-0.4, -0.2) is 5.78 Å². The fourth-order valence-corrected chi connectivity index (χ4v) is 2.46. The number of hydrogen-bond donors (Lipinski definition) is 0. The number of ketones is 1. The molecule has 0 N–H and O–H groups in total. The summed E-state index contributed by atoms with van der Waals surface area (Å²) in [5, 5.41) is 0. The van der Waals surface area contributed by atoms with Crippen LogP contribution >= 0.6 is 22.9 Å². The molecule has 1 aromatic heterocycles. The van der Waals surface area contributed by atoms with Crippen LogP contribution in [0.1, 0.15) is 15.2 Å². The first-order chi connectivity index (χ1) is 7.65. The summed E-state index contributed by atoms with van der Waals surface area (Å²) in [6, 6.07) is 9.27. The van der Waals surface area contributed by atoms with E-state index in [4.69, 9.17) is 11.6 Å². The third-order valence-electron chi connectivity index (χ3n) is 2.11. The first-order valence-electron chi connectivity index (χ1n) is 4.68.